The number of ether oxygens (including phenoxy) is 1. The molecule has 0 aromatic heterocycles. The number of halogens is 1. The number of phenolic OH excluding ortho intramolecular Hbond substituents is 1. The van der Waals surface area contributed by atoms with Gasteiger partial charge in [0.1, 0.15) is 11.6 Å². The summed E-state index contributed by atoms with van der Waals surface area (Å²) in [6.45, 7) is 0. The molecule has 116 valence electrons. The highest BCUT2D eigenvalue weighted by molar-refractivity contribution is 6.34. The molecule has 0 unspecified atom stereocenters. The van der Waals surface area contributed by atoms with Crippen molar-refractivity contribution in [3.05, 3.63) is 58.6 Å². The fourth-order valence-corrected chi connectivity index (χ4v) is 2.05. The highest BCUT2D eigenvalue weighted by atomic mass is 35.5. The first-order valence-electron chi connectivity index (χ1n) is 6.60. The van der Waals surface area contributed by atoms with Crippen LogP contribution in [0.25, 0.3) is 6.08 Å². The van der Waals surface area contributed by atoms with Crippen molar-refractivity contribution in [3.8, 4) is 17.6 Å². The van der Waals surface area contributed by atoms with E-state index in [1.165, 1.54) is 19.3 Å². The Balaban J connectivity index is 2.25. The Hall–Kier alpha value is -2.97. The van der Waals surface area contributed by atoms with Crippen molar-refractivity contribution in [1.82, 2.24) is 0 Å². The van der Waals surface area contributed by atoms with E-state index in [1.54, 1.807) is 36.4 Å². The van der Waals surface area contributed by atoms with Gasteiger partial charge in [0, 0.05) is 0 Å². The smallest absolute Gasteiger partial charge is 0.266 e. The number of methoxy groups -OCH3 is 1. The second-order valence-electron chi connectivity index (χ2n) is 4.54. The number of nitrogens with zero attached hydrogens (tertiary/aromatic N) is 1. The predicted molar refractivity (Wildman–Crippen MR) is 88.3 cm³/mol. The van der Waals surface area contributed by atoms with Gasteiger partial charge in [0.25, 0.3) is 5.91 Å². The molecule has 23 heavy (non-hydrogen) atoms. The standard InChI is InChI=1S/C17H13ClN2O3/c1-23-16-7-6-11(9-15(16)21)8-12(10-19)17(22)20-14-5-3-2-4-13(14)18/h2-9,21H,1H3,(H,20,22). The molecule has 1 amide bonds. The van der Waals surface area contributed by atoms with E-state index in [0.29, 0.717) is 22.0 Å². The van der Waals surface area contributed by atoms with Crippen molar-refractivity contribution < 1.29 is 14.6 Å². The minimum absolute atomic E-state index is 0.0787. The van der Waals surface area contributed by atoms with Crippen LogP contribution in [0.2, 0.25) is 5.02 Å². The second kappa shape index (κ2) is 7.34. The highest BCUT2D eigenvalue weighted by Gasteiger charge is 2.11. The summed E-state index contributed by atoms with van der Waals surface area (Å²) in [5, 5.41) is 21.9. The van der Waals surface area contributed by atoms with Crippen molar-refractivity contribution in [3.63, 3.8) is 0 Å². The average Bonchev–Trinajstić information content (AvgIpc) is 2.54. The fourth-order valence-electron chi connectivity index (χ4n) is 1.86. The number of nitrogens with one attached hydrogen (secondary N) is 1. The predicted octanol–water partition coefficient (Wildman–Crippen LogP) is 3.60. The van der Waals surface area contributed by atoms with Crippen molar-refractivity contribution >= 4 is 29.3 Å². The Kier molecular flexibility index (Phi) is 5.23. The zero-order valence-corrected chi connectivity index (χ0v) is 13.0. The van der Waals surface area contributed by atoms with Crippen LogP contribution in [0.4, 0.5) is 5.69 Å². The number of rotatable bonds is 4. The Labute approximate surface area is 138 Å². The molecule has 2 rings (SSSR count). The van der Waals surface area contributed by atoms with Crippen molar-refractivity contribution in [2.24, 2.45) is 0 Å². The highest BCUT2D eigenvalue weighted by Crippen LogP contribution is 2.27. The quantitative estimate of drug-likeness (QED) is 0.663. The molecule has 2 aromatic carbocycles. The lowest BCUT2D eigenvalue weighted by molar-refractivity contribution is -0.112. The van der Waals surface area contributed by atoms with Crippen LogP contribution in [0, 0.1) is 11.3 Å². The van der Waals surface area contributed by atoms with Gasteiger partial charge in [-0.05, 0) is 35.9 Å². The molecule has 0 saturated carbocycles. The number of hydrogen-bond donors (Lipinski definition) is 2. The molecule has 2 N–H and O–H groups in total. The molecular formula is C17H13ClN2O3. The number of carbonyl (C=O) groups excluding carboxylic acids is 1. The molecule has 2 aromatic rings. The second-order valence-corrected chi connectivity index (χ2v) is 4.94. The van der Waals surface area contributed by atoms with E-state index in [-0.39, 0.29) is 11.3 Å². The van der Waals surface area contributed by atoms with Gasteiger partial charge in [-0.2, -0.15) is 5.26 Å². The maximum Gasteiger partial charge on any atom is 0.266 e. The van der Waals surface area contributed by atoms with Gasteiger partial charge in [-0.15, -0.1) is 0 Å². The van der Waals surface area contributed by atoms with Crippen molar-refractivity contribution in [2.45, 2.75) is 0 Å². The van der Waals surface area contributed by atoms with Crippen LogP contribution in [-0.2, 0) is 4.79 Å². The summed E-state index contributed by atoms with van der Waals surface area (Å²) in [4.78, 5) is 12.2. The van der Waals surface area contributed by atoms with E-state index >= 15 is 0 Å². The van der Waals surface area contributed by atoms with Crippen LogP contribution in [0.3, 0.4) is 0 Å². The molecule has 0 atom stereocenters. The van der Waals surface area contributed by atoms with Gasteiger partial charge < -0.3 is 15.2 Å². The molecule has 0 aliphatic rings. The Bertz CT molecular complexity index is 810. The van der Waals surface area contributed by atoms with Crippen LogP contribution < -0.4 is 10.1 Å². The molecule has 0 spiro atoms. The van der Waals surface area contributed by atoms with Gasteiger partial charge in [0.15, 0.2) is 11.5 Å². The zero-order chi connectivity index (χ0) is 16.8. The SMILES string of the molecule is COc1ccc(C=C(C#N)C(=O)Nc2ccccc2Cl)cc1O. The Morgan fingerprint density at radius 1 is 1.35 bits per heavy atom. The molecule has 0 heterocycles. The molecule has 5 nitrogen and oxygen atoms in total. The van der Waals surface area contributed by atoms with Crippen LogP contribution in [0.5, 0.6) is 11.5 Å². The number of amides is 1. The molecule has 6 heteroatoms. The van der Waals surface area contributed by atoms with Crippen molar-refractivity contribution in [2.75, 3.05) is 12.4 Å². The minimum atomic E-state index is -0.587. The van der Waals surface area contributed by atoms with E-state index in [4.69, 9.17) is 16.3 Å². The fraction of sp³-hybridized carbons (Fsp3) is 0.0588. The van der Waals surface area contributed by atoms with Gasteiger partial charge in [0.2, 0.25) is 0 Å². The van der Waals surface area contributed by atoms with Gasteiger partial charge in [-0.3, -0.25) is 4.79 Å². The number of nitriles is 1. The summed E-state index contributed by atoms with van der Waals surface area (Å²) in [6, 6.07) is 13.1. The monoisotopic (exact) mass is 328 g/mol. The normalized spacial score (nSPS) is 10.7. The van der Waals surface area contributed by atoms with Crippen LogP contribution >= 0.6 is 11.6 Å². The van der Waals surface area contributed by atoms with E-state index in [2.05, 4.69) is 5.32 Å². The van der Waals surface area contributed by atoms with Crippen LogP contribution in [0.15, 0.2) is 48.0 Å². The van der Waals surface area contributed by atoms with Crippen LogP contribution in [-0.4, -0.2) is 18.1 Å². The molecule has 0 aliphatic carbocycles. The van der Waals surface area contributed by atoms with E-state index in [1.807, 2.05) is 6.07 Å². The number of anilines is 1. The van der Waals surface area contributed by atoms with Crippen molar-refractivity contribution in [1.29, 1.82) is 5.26 Å². The lowest BCUT2D eigenvalue weighted by Crippen LogP contribution is -2.13. The minimum Gasteiger partial charge on any atom is -0.504 e. The number of phenols is 1. The molecule has 0 fully saturated rings. The summed E-state index contributed by atoms with van der Waals surface area (Å²) in [5.41, 5.74) is 0.793. The number of benzene rings is 2. The summed E-state index contributed by atoms with van der Waals surface area (Å²) in [6.07, 6.45) is 1.37. The Morgan fingerprint density at radius 2 is 2.09 bits per heavy atom. The number of aromatic hydroxyl groups is 1. The molecule has 0 saturated heterocycles. The molecule has 0 bridgehead atoms. The first-order valence-corrected chi connectivity index (χ1v) is 6.97. The average molecular weight is 329 g/mol. The third-order valence-corrected chi connectivity index (χ3v) is 3.33. The zero-order valence-electron chi connectivity index (χ0n) is 12.2. The van der Waals surface area contributed by atoms with Gasteiger partial charge >= 0.3 is 0 Å². The van der Waals surface area contributed by atoms with Gasteiger partial charge in [0.05, 0.1) is 17.8 Å². The third kappa shape index (κ3) is 4.02. The number of hydrogen-bond acceptors (Lipinski definition) is 4. The van der Waals surface area contributed by atoms with Crippen LogP contribution in [0.1, 0.15) is 5.56 Å². The maximum atomic E-state index is 12.2. The summed E-state index contributed by atoms with van der Waals surface area (Å²) in [7, 11) is 1.43. The van der Waals surface area contributed by atoms with Gasteiger partial charge in [-0.25, -0.2) is 0 Å². The molecule has 0 aliphatic heterocycles. The molecular weight excluding hydrogens is 316 g/mol. The maximum absolute atomic E-state index is 12.2. The first-order chi connectivity index (χ1) is 11.0. The summed E-state index contributed by atoms with van der Waals surface area (Å²) >= 11 is 5.97. The summed E-state index contributed by atoms with van der Waals surface area (Å²) < 4.78 is 4.94. The lowest BCUT2D eigenvalue weighted by Gasteiger charge is -2.07. The van der Waals surface area contributed by atoms with Gasteiger partial charge in [-0.1, -0.05) is 29.8 Å². The topological polar surface area (TPSA) is 82.3 Å². The Morgan fingerprint density at radius 3 is 2.70 bits per heavy atom. The third-order valence-electron chi connectivity index (χ3n) is 3.00. The number of carbonyl (C=O) groups is 1. The molecule has 0 radical (unpaired) electrons. The summed E-state index contributed by atoms with van der Waals surface area (Å²) in [5.74, 6) is -0.359. The largest absolute Gasteiger partial charge is 0.504 e. The van der Waals surface area contributed by atoms with E-state index < -0.39 is 5.91 Å². The van der Waals surface area contributed by atoms with E-state index in [0.717, 1.165) is 0 Å². The van der Waals surface area contributed by atoms with E-state index in [9.17, 15) is 15.2 Å². The lowest BCUT2D eigenvalue weighted by atomic mass is 10.1. The first kappa shape index (κ1) is 16.4. The number of para-hydroxylation sites is 1.